The predicted octanol–water partition coefficient (Wildman–Crippen LogP) is 7.47. The van der Waals surface area contributed by atoms with Crippen molar-refractivity contribution in [3.63, 3.8) is 0 Å². The van der Waals surface area contributed by atoms with Crippen LogP contribution in [0.4, 0.5) is 0 Å². The molecule has 0 heterocycles. The van der Waals surface area contributed by atoms with Crippen molar-refractivity contribution < 1.29 is 0 Å². The van der Waals surface area contributed by atoms with Gasteiger partial charge in [0.1, 0.15) is 0 Å². The third-order valence-corrected chi connectivity index (χ3v) is 5.26. The summed E-state index contributed by atoms with van der Waals surface area (Å²) in [7, 11) is 0. The third-order valence-electron chi connectivity index (χ3n) is 5.26. The number of unbranched alkanes of at least 4 members (excludes halogenated alkanes) is 2. The van der Waals surface area contributed by atoms with Crippen LogP contribution in [-0.4, -0.2) is 0 Å². The van der Waals surface area contributed by atoms with Crippen molar-refractivity contribution in [3.8, 4) is 0 Å². The summed E-state index contributed by atoms with van der Waals surface area (Å²) >= 11 is 0. The minimum atomic E-state index is 0.466. The second-order valence-corrected chi connectivity index (χ2v) is 7.94. The highest BCUT2D eigenvalue weighted by molar-refractivity contribution is 4.82. The molecule has 122 valence electrons. The molecule has 0 fully saturated rings. The maximum Gasteiger partial charge on any atom is -0.0334 e. The maximum atomic E-state index is 2.47. The fraction of sp³-hybridized carbons (Fsp3) is 1.00. The maximum absolute atomic E-state index is 2.47. The largest absolute Gasteiger partial charge is 0.0654 e. The highest BCUT2D eigenvalue weighted by Gasteiger charge is 2.32. The molecule has 0 saturated carbocycles. The van der Waals surface area contributed by atoms with E-state index in [-0.39, 0.29) is 0 Å². The van der Waals surface area contributed by atoms with Crippen LogP contribution in [0, 0.1) is 23.2 Å². The summed E-state index contributed by atoms with van der Waals surface area (Å²) in [6, 6.07) is 0. The summed E-state index contributed by atoms with van der Waals surface area (Å²) in [6.07, 6.45) is 12.6. The van der Waals surface area contributed by atoms with Crippen molar-refractivity contribution in [1.29, 1.82) is 0 Å². The number of hydrogen-bond donors (Lipinski definition) is 0. The number of rotatable bonds is 11. The smallest absolute Gasteiger partial charge is 0.0334 e. The summed E-state index contributed by atoms with van der Waals surface area (Å²) in [5, 5.41) is 0. The van der Waals surface area contributed by atoms with E-state index in [1.165, 1.54) is 57.8 Å². The Hall–Kier alpha value is 0. The van der Waals surface area contributed by atoms with Crippen molar-refractivity contribution in [2.24, 2.45) is 23.2 Å². The molecule has 0 radical (unpaired) electrons. The van der Waals surface area contributed by atoms with Gasteiger partial charge in [0.2, 0.25) is 0 Å². The topological polar surface area (TPSA) is 0 Å². The highest BCUT2D eigenvalue weighted by atomic mass is 14.4. The molecule has 0 amide bonds. The Labute approximate surface area is 130 Å². The quantitative estimate of drug-likeness (QED) is 0.368. The molecule has 3 unspecified atom stereocenters. The Morgan fingerprint density at radius 2 is 1.30 bits per heavy atom. The molecule has 0 spiro atoms. The van der Waals surface area contributed by atoms with Crippen LogP contribution in [0.3, 0.4) is 0 Å². The SMILES string of the molecule is CCCCC(CC)CC(C(CC)CCCC)C(C)(C)C. The van der Waals surface area contributed by atoms with Gasteiger partial charge in [0, 0.05) is 0 Å². The fourth-order valence-corrected chi connectivity index (χ4v) is 3.75. The Balaban J connectivity index is 4.76. The van der Waals surface area contributed by atoms with Crippen molar-refractivity contribution >= 4 is 0 Å². The van der Waals surface area contributed by atoms with Gasteiger partial charge in [-0.25, -0.2) is 0 Å². The van der Waals surface area contributed by atoms with Crippen LogP contribution in [0.1, 0.15) is 106 Å². The van der Waals surface area contributed by atoms with Crippen LogP contribution < -0.4 is 0 Å². The lowest BCUT2D eigenvalue weighted by Crippen LogP contribution is -2.30. The molecule has 0 aromatic carbocycles. The minimum Gasteiger partial charge on any atom is -0.0654 e. The normalized spacial score (nSPS) is 16.9. The molecule has 0 aliphatic rings. The summed E-state index contributed by atoms with van der Waals surface area (Å²) < 4.78 is 0. The van der Waals surface area contributed by atoms with Crippen molar-refractivity contribution in [2.75, 3.05) is 0 Å². The van der Waals surface area contributed by atoms with E-state index < -0.39 is 0 Å². The van der Waals surface area contributed by atoms with Gasteiger partial charge in [-0.05, 0) is 29.6 Å². The van der Waals surface area contributed by atoms with E-state index in [0.29, 0.717) is 5.41 Å². The Bertz CT molecular complexity index is 211. The molecule has 0 bridgehead atoms. The van der Waals surface area contributed by atoms with Gasteiger partial charge in [-0.2, -0.15) is 0 Å². The molecule has 0 rings (SSSR count). The van der Waals surface area contributed by atoms with E-state index in [1.807, 2.05) is 0 Å². The van der Waals surface area contributed by atoms with Crippen LogP contribution in [0.15, 0.2) is 0 Å². The standard InChI is InChI=1S/C20H42/c1-8-12-14-17(10-3)16-19(20(5,6)7)18(11-4)15-13-9-2/h17-19H,8-16H2,1-7H3. The van der Waals surface area contributed by atoms with E-state index in [1.54, 1.807) is 0 Å². The summed E-state index contributed by atoms with van der Waals surface area (Å²) in [6.45, 7) is 16.9. The lowest BCUT2D eigenvalue weighted by Gasteiger charge is -2.39. The zero-order chi connectivity index (χ0) is 15.6. The van der Waals surface area contributed by atoms with E-state index in [4.69, 9.17) is 0 Å². The summed E-state index contributed by atoms with van der Waals surface area (Å²) in [5.41, 5.74) is 0.466. The van der Waals surface area contributed by atoms with Crippen LogP contribution in [0.2, 0.25) is 0 Å². The van der Waals surface area contributed by atoms with E-state index in [2.05, 4.69) is 48.5 Å². The molecule has 0 nitrogen and oxygen atoms in total. The minimum absolute atomic E-state index is 0.466. The highest BCUT2D eigenvalue weighted by Crippen LogP contribution is 2.42. The van der Waals surface area contributed by atoms with Gasteiger partial charge in [-0.1, -0.05) is 99.8 Å². The first kappa shape index (κ1) is 20.0. The molecule has 0 aliphatic carbocycles. The van der Waals surface area contributed by atoms with Gasteiger partial charge < -0.3 is 0 Å². The molecular weight excluding hydrogens is 240 g/mol. The average Bonchev–Trinajstić information content (AvgIpc) is 2.40. The van der Waals surface area contributed by atoms with Gasteiger partial charge in [-0.3, -0.25) is 0 Å². The molecule has 0 aromatic rings. The van der Waals surface area contributed by atoms with Gasteiger partial charge in [0.25, 0.3) is 0 Å². The van der Waals surface area contributed by atoms with Crippen molar-refractivity contribution in [2.45, 2.75) is 106 Å². The van der Waals surface area contributed by atoms with Crippen LogP contribution in [0.5, 0.6) is 0 Å². The van der Waals surface area contributed by atoms with Crippen molar-refractivity contribution in [3.05, 3.63) is 0 Å². The molecule has 0 aromatic heterocycles. The molecule has 20 heavy (non-hydrogen) atoms. The molecule has 0 saturated heterocycles. The molecule has 0 heteroatoms. The van der Waals surface area contributed by atoms with Crippen LogP contribution in [0.25, 0.3) is 0 Å². The lowest BCUT2D eigenvalue weighted by molar-refractivity contribution is 0.108. The summed E-state index contributed by atoms with van der Waals surface area (Å²) in [4.78, 5) is 0. The second-order valence-electron chi connectivity index (χ2n) is 7.94. The van der Waals surface area contributed by atoms with Gasteiger partial charge in [-0.15, -0.1) is 0 Å². The first-order valence-corrected chi connectivity index (χ1v) is 9.40. The summed E-state index contributed by atoms with van der Waals surface area (Å²) in [5.74, 6) is 2.79. The fourth-order valence-electron chi connectivity index (χ4n) is 3.75. The monoisotopic (exact) mass is 282 g/mol. The lowest BCUT2D eigenvalue weighted by atomic mass is 9.66. The van der Waals surface area contributed by atoms with E-state index in [9.17, 15) is 0 Å². The molecule has 0 aliphatic heterocycles. The first-order chi connectivity index (χ1) is 9.40. The second kappa shape index (κ2) is 10.7. The Morgan fingerprint density at radius 3 is 1.70 bits per heavy atom. The Kier molecular flexibility index (Phi) is 10.7. The zero-order valence-electron chi connectivity index (χ0n) is 15.6. The average molecular weight is 283 g/mol. The van der Waals surface area contributed by atoms with E-state index >= 15 is 0 Å². The van der Waals surface area contributed by atoms with Crippen LogP contribution in [-0.2, 0) is 0 Å². The predicted molar refractivity (Wildman–Crippen MR) is 94.2 cm³/mol. The molecule has 3 atom stereocenters. The first-order valence-electron chi connectivity index (χ1n) is 9.40. The van der Waals surface area contributed by atoms with Crippen LogP contribution >= 0.6 is 0 Å². The molecule has 0 N–H and O–H groups in total. The van der Waals surface area contributed by atoms with Gasteiger partial charge >= 0.3 is 0 Å². The molecular formula is C20H42. The zero-order valence-corrected chi connectivity index (χ0v) is 15.6. The third kappa shape index (κ3) is 7.70. The Morgan fingerprint density at radius 1 is 0.750 bits per heavy atom. The van der Waals surface area contributed by atoms with E-state index in [0.717, 1.165) is 17.8 Å². The number of hydrogen-bond acceptors (Lipinski definition) is 0. The van der Waals surface area contributed by atoms with Crippen molar-refractivity contribution in [1.82, 2.24) is 0 Å². The van der Waals surface area contributed by atoms with Gasteiger partial charge in [0.15, 0.2) is 0 Å². The van der Waals surface area contributed by atoms with Gasteiger partial charge in [0.05, 0.1) is 0 Å².